The lowest BCUT2D eigenvalue weighted by Gasteiger charge is -2.23. The van der Waals surface area contributed by atoms with E-state index in [0.29, 0.717) is 12.0 Å². The van der Waals surface area contributed by atoms with Crippen molar-refractivity contribution in [3.8, 4) is 5.75 Å². The Morgan fingerprint density at radius 2 is 2.14 bits per heavy atom. The number of hydrogen-bond donors (Lipinski definition) is 0. The van der Waals surface area contributed by atoms with Crippen molar-refractivity contribution in [2.24, 2.45) is 5.41 Å². The molecule has 0 atom stereocenters. The predicted octanol–water partition coefficient (Wildman–Crippen LogP) is 3.32. The zero-order valence-corrected chi connectivity index (χ0v) is 13.2. The van der Waals surface area contributed by atoms with E-state index in [9.17, 15) is 4.79 Å². The standard InChI is InChI=1S/C18H25NO2/c1-18(2)7-3-9-19(10-8-18)13-16(20)14-4-5-17-15(12-14)6-11-21-17/h4-5,12H,3,6-11,13H2,1-2H3. The van der Waals surface area contributed by atoms with Gasteiger partial charge in [-0.2, -0.15) is 0 Å². The molecular weight excluding hydrogens is 262 g/mol. The van der Waals surface area contributed by atoms with Gasteiger partial charge in [-0.05, 0) is 61.5 Å². The number of Topliss-reactive ketones (excluding diaryl/α,β-unsaturated/α-hetero) is 1. The highest BCUT2D eigenvalue weighted by Crippen LogP contribution is 2.30. The number of hydrogen-bond acceptors (Lipinski definition) is 3. The number of carbonyl (C=O) groups excluding carboxylic acids is 1. The van der Waals surface area contributed by atoms with Gasteiger partial charge in [-0.3, -0.25) is 9.69 Å². The first-order chi connectivity index (χ1) is 10.0. The summed E-state index contributed by atoms with van der Waals surface area (Å²) >= 11 is 0. The number of rotatable bonds is 3. The van der Waals surface area contributed by atoms with Crippen molar-refractivity contribution in [3.05, 3.63) is 29.3 Å². The Balaban J connectivity index is 1.63. The van der Waals surface area contributed by atoms with Crippen LogP contribution in [0.1, 0.15) is 49.0 Å². The van der Waals surface area contributed by atoms with Gasteiger partial charge in [0.05, 0.1) is 13.2 Å². The van der Waals surface area contributed by atoms with Crippen LogP contribution in [0.5, 0.6) is 5.75 Å². The molecule has 3 nitrogen and oxygen atoms in total. The summed E-state index contributed by atoms with van der Waals surface area (Å²) in [6, 6.07) is 5.88. The second-order valence-corrected chi connectivity index (χ2v) is 7.14. The van der Waals surface area contributed by atoms with E-state index in [-0.39, 0.29) is 5.78 Å². The van der Waals surface area contributed by atoms with Crippen LogP contribution in [0.2, 0.25) is 0 Å². The maximum Gasteiger partial charge on any atom is 0.176 e. The van der Waals surface area contributed by atoms with Crippen molar-refractivity contribution < 1.29 is 9.53 Å². The fourth-order valence-electron chi connectivity index (χ4n) is 3.29. The van der Waals surface area contributed by atoms with Gasteiger partial charge in [-0.15, -0.1) is 0 Å². The molecule has 2 heterocycles. The van der Waals surface area contributed by atoms with Gasteiger partial charge in [0, 0.05) is 12.0 Å². The quantitative estimate of drug-likeness (QED) is 0.799. The predicted molar refractivity (Wildman–Crippen MR) is 84.0 cm³/mol. The fraction of sp³-hybridized carbons (Fsp3) is 0.611. The van der Waals surface area contributed by atoms with E-state index in [1.807, 2.05) is 18.2 Å². The molecular formula is C18H25NO2. The molecule has 1 saturated heterocycles. The Morgan fingerprint density at radius 3 is 3.00 bits per heavy atom. The summed E-state index contributed by atoms with van der Waals surface area (Å²) in [5, 5.41) is 0. The second-order valence-electron chi connectivity index (χ2n) is 7.14. The molecule has 0 aliphatic carbocycles. The first-order valence-corrected chi connectivity index (χ1v) is 8.05. The summed E-state index contributed by atoms with van der Waals surface area (Å²) in [4.78, 5) is 14.8. The van der Waals surface area contributed by atoms with Crippen LogP contribution < -0.4 is 4.74 Å². The van der Waals surface area contributed by atoms with Gasteiger partial charge in [0.1, 0.15) is 5.75 Å². The van der Waals surface area contributed by atoms with Crippen molar-refractivity contribution in [2.75, 3.05) is 26.2 Å². The maximum absolute atomic E-state index is 12.5. The molecule has 3 heteroatoms. The van der Waals surface area contributed by atoms with E-state index < -0.39 is 0 Å². The van der Waals surface area contributed by atoms with Crippen LogP contribution in [-0.2, 0) is 6.42 Å². The number of benzene rings is 1. The number of carbonyl (C=O) groups is 1. The van der Waals surface area contributed by atoms with Crippen LogP contribution in [0.15, 0.2) is 18.2 Å². The summed E-state index contributed by atoms with van der Waals surface area (Å²) in [6.07, 6.45) is 4.55. The molecule has 2 aliphatic rings. The third-order valence-corrected chi connectivity index (χ3v) is 4.81. The third kappa shape index (κ3) is 3.46. The van der Waals surface area contributed by atoms with Gasteiger partial charge >= 0.3 is 0 Å². The zero-order valence-electron chi connectivity index (χ0n) is 13.2. The second kappa shape index (κ2) is 5.80. The Hall–Kier alpha value is -1.35. The van der Waals surface area contributed by atoms with Crippen LogP contribution in [0.4, 0.5) is 0 Å². The highest BCUT2D eigenvalue weighted by Gasteiger charge is 2.24. The van der Waals surface area contributed by atoms with Gasteiger partial charge in [-0.25, -0.2) is 0 Å². The molecule has 1 fully saturated rings. The highest BCUT2D eigenvalue weighted by atomic mass is 16.5. The Bertz CT molecular complexity index is 536. The summed E-state index contributed by atoms with van der Waals surface area (Å²) < 4.78 is 5.50. The van der Waals surface area contributed by atoms with Gasteiger partial charge < -0.3 is 4.74 Å². The molecule has 0 amide bonds. The van der Waals surface area contributed by atoms with Crippen molar-refractivity contribution in [1.82, 2.24) is 4.90 Å². The lowest BCUT2D eigenvalue weighted by Crippen LogP contribution is -2.31. The molecule has 0 radical (unpaired) electrons. The highest BCUT2D eigenvalue weighted by molar-refractivity contribution is 5.98. The summed E-state index contributed by atoms with van der Waals surface area (Å²) in [6.45, 7) is 8.04. The molecule has 3 rings (SSSR count). The van der Waals surface area contributed by atoms with Crippen molar-refractivity contribution >= 4 is 5.78 Å². The van der Waals surface area contributed by atoms with Crippen LogP contribution >= 0.6 is 0 Å². The molecule has 2 aliphatic heterocycles. The molecule has 21 heavy (non-hydrogen) atoms. The lowest BCUT2D eigenvalue weighted by molar-refractivity contribution is 0.0930. The number of fused-ring (bicyclic) bond motifs is 1. The molecule has 0 spiro atoms. The third-order valence-electron chi connectivity index (χ3n) is 4.81. The average Bonchev–Trinajstić information content (AvgIpc) is 2.84. The minimum atomic E-state index is 0.240. The van der Waals surface area contributed by atoms with Crippen LogP contribution in [0.25, 0.3) is 0 Å². The molecule has 0 bridgehead atoms. The monoisotopic (exact) mass is 287 g/mol. The van der Waals surface area contributed by atoms with Gasteiger partial charge in [0.15, 0.2) is 5.78 Å². The van der Waals surface area contributed by atoms with Crippen LogP contribution in [0, 0.1) is 5.41 Å². The number of nitrogens with zero attached hydrogens (tertiary/aromatic N) is 1. The van der Waals surface area contributed by atoms with E-state index in [1.54, 1.807) is 0 Å². The van der Waals surface area contributed by atoms with Gasteiger partial charge in [0.2, 0.25) is 0 Å². The van der Waals surface area contributed by atoms with E-state index in [0.717, 1.165) is 37.4 Å². The Kier molecular flexibility index (Phi) is 4.03. The smallest absolute Gasteiger partial charge is 0.176 e. The number of likely N-dealkylation sites (tertiary alicyclic amines) is 1. The van der Waals surface area contributed by atoms with Crippen LogP contribution in [0.3, 0.4) is 0 Å². The topological polar surface area (TPSA) is 29.5 Å². The van der Waals surface area contributed by atoms with E-state index in [2.05, 4.69) is 18.7 Å². The first-order valence-electron chi connectivity index (χ1n) is 8.05. The van der Waals surface area contributed by atoms with Gasteiger partial charge in [-0.1, -0.05) is 13.8 Å². The van der Waals surface area contributed by atoms with Crippen molar-refractivity contribution in [1.29, 1.82) is 0 Å². The van der Waals surface area contributed by atoms with E-state index >= 15 is 0 Å². The molecule has 114 valence electrons. The summed E-state index contributed by atoms with van der Waals surface area (Å²) in [5.41, 5.74) is 2.43. The Morgan fingerprint density at radius 1 is 1.29 bits per heavy atom. The van der Waals surface area contributed by atoms with Crippen LogP contribution in [-0.4, -0.2) is 36.9 Å². The van der Waals surface area contributed by atoms with Crippen molar-refractivity contribution in [2.45, 2.75) is 39.5 Å². The van der Waals surface area contributed by atoms with Crippen molar-refractivity contribution in [3.63, 3.8) is 0 Å². The molecule has 0 saturated carbocycles. The zero-order chi connectivity index (χ0) is 14.9. The lowest BCUT2D eigenvalue weighted by atomic mass is 9.85. The van der Waals surface area contributed by atoms with Gasteiger partial charge in [0.25, 0.3) is 0 Å². The normalized spacial score (nSPS) is 21.4. The SMILES string of the molecule is CC1(C)CCCN(CC(=O)c2ccc3c(c2)CCO3)CC1. The molecule has 0 aromatic heterocycles. The largest absolute Gasteiger partial charge is 0.493 e. The number of ether oxygens (including phenoxy) is 1. The Labute approximate surface area is 127 Å². The van der Waals surface area contributed by atoms with E-state index in [4.69, 9.17) is 4.74 Å². The summed E-state index contributed by atoms with van der Waals surface area (Å²) in [5.74, 6) is 1.19. The fourth-order valence-corrected chi connectivity index (χ4v) is 3.29. The maximum atomic E-state index is 12.5. The molecule has 0 N–H and O–H groups in total. The minimum absolute atomic E-state index is 0.240. The molecule has 1 aromatic rings. The minimum Gasteiger partial charge on any atom is -0.493 e. The average molecular weight is 287 g/mol. The van der Waals surface area contributed by atoms with E-state index in [1.165, 1.54) is 24.8 Å². The molecule has 1 aromatic carbocycles. The summed E-state index contributed by atoms with van der Waals surface area (Å²) in [7, 11) is 0. The number of ketones is 1. The molecule has 0 unspecified atom stereocenters. The first kappa shape index (κ1) is 14.6.